The Bertz CT molecular complexity index is 975. The summed E-state index contributed by atoms with van der Waals surface area (Å²) >= 11 is 3.33. The molecule has 2 saturated heterocycles. The van der Waals surface area contributed by atoms with Crippen molar-refractivity contribution in [1.29, 1.82) is 0 Å². The van der Waals surface area contributed by atoms with E-state index in [1.807, 2.05) is 0 Å². The fourth-order valence-electron chi connectivity index (χ4n) is 3.87. The molecule has 2 aliphatic heterocycles. The molecule has 0 radical (unpaired) electrons. The zero-order valence-electron chi connectivity index (χ0n) is 16.1. The van der Waals surface area contributed by atoms with E-state index in [-0.39, 0.29) is 24.6 Å². The van der Waals surface area contributed by atoms with Gasteiger partial charge in [0.05, 0.1) is 23.8 Å². The molecular formula is C22H20BrFN2O4. The number of carbonyl (C=O) groups is 3. The van der Waals surface area contributed by atoms with Crippen LogP contribution in [0.3, 0.4) is 0 Å². The van der Waals surface area contributed by atoms with Gasteiger partial charge in [0.2, 0.25) is 5.91 Å². The summed E-state index contributed by atoms with van der Waals surface area (Å²) in [6.45, 7) is 0.708. The van der Waals surface area contributed by atoms with Gasteiger partial charge in [0.1, 0.15) is 11.9 Å². The molecular weight excluding hydrogens is 455 g/mol. The van der Waals surface area contributed by atoms with Gasteiger partial charge in [0, 0.05) is 17.6 Å². The monoisotopic (exact) mass is 474 g/mol. The number of benzene rings is 2. The summed E-state index contributed by atoms with van der Waals surface area (Å²) in [5.41, 5.74) is 0.309. The van der Waals surface area contributed by atoms with Crippen LogP contribution in [0.1, 0.15) is 29.6 Å². The average molecular weight is 475 g/mol. The van der Waals surface area contributed by atoms with Crippen molar-refractivity contribution in [3.63, 3.8) is 0 Å². The molecule has 2 aromatic carbocycles. The van der Waals surface area contributed by atoms with Crippen molar-refractivity contribution in [2.75, 3.05) is 18.1 Å². The van der Waals surface area contributed by atoms with Gasteiger partial charge in [-0.05, 0) is 49.2 Å². The van der Waals surface area contributed by atoms with E-state index in [4.69, 9.17) is 4.74 Å². The maximum absolute atomic E-state index is 14.3. The molecule has 0 aromatic heterocycles. The Morgan fingerprint density at radius 1 is 1.17 bits per heavy atom. The second-order valence-corrected chi connectivity index (χ2v) is 8.25. The summed E-state index contributed by atoms with van der Waals surface area (Å²) in [4.78, 5) is 41.5. The Hall–Kier alpha value is -2.58. The lowest BCUT2D eigenvalue weighted by Gasteiger charge is -2.30. The Morgan fingerprint density at radius 2 is 1.90 bits per heavy atom. The van der Waals surface area contributed by atoms with Gasteiger partial charge >= 0.3 is 0 Å². The molecule has 2 aromatic rings. The number of carbonyl (C=O) groups excluding carboxylic acids is 3. The lowest BCUT2D eigenvalue weighted by atomic mass is 10.1. The molecule has 3 amide bonds. The zero-order valence-corrected chi connectivity index (χ0v) is 17.7. The standard InChI is InChI=1S/C22H20BrFN2O4/c23-14-7-9-15(10-8-14)26-20(27)12-19(22(26)29)25(13-16-4-3-11-30-16)21(28)17-5-1-2-6-18(17)24/h1-2,5-10,16,19H,3-4,11-13H2. The van der Waals surface area contributed by atoms with E-state index in [0.29, 0.717) is 12.3 Å². The Labute approximate surface area is 181 Å². The molecule has 30 heavy (non-hydrogen) atoms. The van der Waals surface area contributed by atoms with Gasteiger partial charge in [-0.2, -0.15) is 0 Å². The van der Waals surface area contributed by atoms with Crippen LogP contribution in [0.2, 0.25) is 0 Å². The molecule has 0 saturated carbocycles. The van der Waals surface area contributed by atoms with Crippen molar-refractivity contribution in [2.45, 2.75) is 31.4 Å². The zero-order chi connectivity index (χ0) is 21.3. The van der Waals surface area contributed by atoms with Crippen molar-refractivity contribution >= 4 is 39.3 Å². The minimum Gasteiger partial charge on any atom is -0.376 e. The van der Waals surface area contributed by atoms with Gasteiger partial charge in [0.15, 0.2) is 0 Å². The van der Waals surface area contributed by atoms with Crippen molar-refractivity contribution in [3.05, 3.63) is 64.4 Å². The van der Waals surface area contributed by atoms with E-state index in [0.717, 1.165) is 22.2 Å². The number of nitrogens with zero attached hydrogens (tertiary/aromatic N) is 2. The average Bonchev–Trinajstić information content (AvgIpc) is 3.35. The van der Waals surface area contributed by atoms with Crippen molar-refractivity contribution in [3.8, 4) is 0 Å². The predicted molar refractivity (Wildman–Crippen MR) is 111 cm³/mol. The van der Waals surface area contributed by atoms with E-state index in [9.17, 15) is 18.8 Å². The van der Waals surface area contributed by atoms with Crippen LogP contribution < -0.4 is 4.90 Å². The lowest BCUT2D eigenvalue weighted by Crippen LogP contribution is -2.48. The van der Waals surface area contributed by atoms with Crippen molar-refractivity contribution < 1.29 is 23.5 Å². The number of hydrogen-bond acceptors (Lipinski definition) is 4. The number of rotatable bonds is 5. The minimum atomic E-state index is -1.00. The molecule has 0 N–H and O–H groups in total. The molecule has 0 bridgehead atoms. The molecule has 2 heterocycles. The Kier molecular flexibility index (Phi) is 5.97. The molecule has 2 fully saturated rings. The second kappa shape index (κ2) is 8.65. The first-order valence-corrected chi connectivity index (χ1v) is 10.5. The van der Waals surface area contributed by atoms with E-state index in [2.05, 4.69) is 15.9 Å². The predicted octanol–water partition coefficient (Wildman–Crippen LogP) is 3.54. The highest BCUT2D eigenvalue weighted by molar-refractivity contribution is 9.10. The third-order valence-corrected chi connectivity index (χ3v) is 5.90. The lowest BCUT2D eigenvalue weighted by molar-refractivity contribution is -0.122. The fourth-order valence-corrected chi connectivity index (χ4v) is 4.13. The second-order valence-electron chi connectivity index (χ2n) is 7.34. The summed E-state index contributed by atoms with van der Waals surface area (Å²) in [5.74, 6) is -2.18. The number of ether oxygens (including phenoxy) is 1. The van der Waals surface area contributed by atoms with Crippen LogP contribution in [0.15, 0.2) is 53.0 Å². The SMILES string of the molecule is O=C1CC(N(CC2CCCO2)C(=O)c2ccccc2F)C(=O)N1c1ccc(Br)cc1. The molecule has 0 spiro atoms. The normalized spacial score (nSPS) is 21.3. The van der Waals surface area contributed by atoms with E-state index >= 15 is 0 Å². The first-order valence-electron chi connectivity index (χ1n) is 9.75. The van der Waals surface area contributed by atoms with Crippen LogP contribution in [-0.4, -0.2) is 47.9 Å². The third-order valence-electron chi connectivity index (χ3n) is 5.37. The van der Waals surface area contributed by atoms with Gasteiger partial charge < -0.3 is 9.64 Å². The Morgan fingerprint density at radius 3 is 2.57 bits per heavy atom. The van der Waals surface area contributed by atoms with Crippen molar-refractivity contribution in [1.82, 2.24) is 4.90 Å². The molecule has 6 nitrogen and oxygen atoms in total. The fraction of sp³-hybridized carbons (Fsp3) is 0.318. The van der Waals surface area contributed by atoms with Crippen LogP contribution in [0.5, 0.6) is 0 Å². The van der Waals surface area contributed by atoms with E-state index in [1.54, 1.807) is 30.3 Å². The Balaban J connectivity index is 1.65. The van der Waals surface area contributed by atoms with Crippen LogP contribution in [0, 0.1) is 5.82 Å². The van der Waals surface area contributed by atoms with Crippen molar-refractivity contribution in [2.24, 2.45) is 0 Å². The van der Waals surface area contributed by atoms with E-state index < -0.39 is 29.6 Å². The van der Waals surface area contributed by atoms with Gasteiger partial charge in [-0.1, -0.05) is 28.1 Å². The van der Waals surface area contributed by atoms with Crippen LogP contribution in [0.25, 0.3) is 0 Å². The highest BCUT2D eigenvalue weighted by Gasteiger charge is 2.45. The summed E-state index contributed by atoms with van der Waals surface area (Å²) in [6, 6.07) is 11.4. The van der Waals surface area contributed by atoms with Gasteiger partial charge in [-0.25, -0.2) is 9.29 Å². The molecule has 2 atom stereocenters. The van der Waals surface area contributed by atoms with Gasteiger partial charge in [0.25, 0.3) is 11.8 Å². The highest BCUT2D eigenvalue weighted by Crippen LogP contribution is 2.29. The largest absolute Gasteiger partial charge is 0.376 e. The molecule has 156 valence electrons. The summed E-state index contributed by atoms with van der Waals surface area (Å²) in [7, 11) is 0. The molecule has 0 aliphatic carbocycles. The minimum absolute atomic E-state index is 0.127. The molecule has 2 unspecified atom stereocenters. The van der Waals surface area contributed by atoms with Crippen LogP contribution in [-0.2, 0) is 14.3 Å². The third kappa shape index (κ3) is 4.02. The first-order chi connectivity index (χ1) is 14.5. The topological polar surface area (TPSA) is 66.9 Å². The highest BCUT2D eigenvalue weighted by atomic mass is 79.9. The number of halogens is 2. The van der Waals surface area contributed by atoms with Gasteiger partial charge in [-0.3, -0.25) is 14.4 Å². The number of anilines is 1. The summed E-state index contributed by atoms with van der Waals surface area (Å²) in [6.07, 6.45) is 1.20. The molecule has 4 rings (SSSR count). The van der Waals surface area contributed by atoms with Gasteiger partial charge in [-0.15, -0.1) is 0 Å². The maximum atomic E-state index is 14.3. The summed E-state index contributed by atoms with van der Waals surface area (Å²) < 4.78 is 20.8. The first kappa shape index (κ1) is 20.7. The smallest absolute Gasteiger partial charge is 0.257 e. The maximum Gasteiger partial charge on any atom is 0.257 e. The van der Waals surface area contributed by atoms with E-state index in [1.165, 1.54) is 23.1 Å². The summed E-state index contributed by atoms with van der Waals surface area (Å²) in [5, 5.41) is 0. The number of amides is 3. The molecule has 8 heteroatoms. The van der Waals surface area contributed by atoms with Crippen LogP contribution >= 0.6 is 15.9 Å². The van der Waals surface area contributed by atoms with Crippen LogP contribution in [0.4, 0.5) is 10.1 Å². The number of imide groups is 1. The molecule has 2 aliphatic rings. The quantitative estimate of drug-likeness (QED) is 0.621. The number of hydrogen-bond donors (Lipinski definition) is 0.